The van der Waals surface area contributed by atoms with Gasteiger partial charge in [0.05, 0.1) is 44.8 Å². The highest BCUT2D eigenvalue weighted by atomic mass is 35.5. The zero-order chi connectivity index (χ0) is 23.2. The summed E-state index contributed by atoms with van der Waals surface area (Å²) in [6.45, 7) is 4.82. The molecule has 0 N–H and O–H groups in total. The van der Waals surface area contributed by atoms with Crippen molar-refractivity contribution in [1.82, 2.24) is 9.88 Å². The average molecular weight is 508 g/mol. The fraction of sp³-hybridized carbons (Fsp3) is 0.417. The summed E-state index contributed by atoms with van der Waals surface area (Å²) in [6, 6.07) is 11.0. The van der Waals surface area contributed by atoms with Crippen LogP contribution in [0.1, 0.15) is 16.8 Å². The van der Waals surface area contributed by atoms with Gasteiger partial charge < -0.3 is 18.9 Å². The number of rotatable bonds is 9. The van der Waals surface area contributed by atoms with Crippen molar-refractivity contribution in [2.24, 2.45) is 0 Å². The lowest BCUT2D eigenvalue weighted by molar-refractivity contribution is 0.0376. The summed E-state index contributed by atoms with van der Waals surface area (Å²) in [5.41, 5.74) is 1.34. The number of fused-ring (bicyclic) bond motifs is 1. The predicted molar refractivity (Wildman–Crippen MR) is 137 cm³/mol. The molecule has 0 aliphatic carbocycles. The Morgan fingerprint density at radius 2 is 1.82 bits per heavy atom. The van der Waals surface area contributed by atoms with E-state index in [9.17, 15) is 4.79 Å². The van der Waals surface area contributed by atoms with Crippen molar-refractivity contribution in [1.29, 1.82) is 0 Å². The van der Waals surface area contributed by atoms with Gasteiger partial charge in [-0.2, -0.15) is 0 Å². The fourth-order valence-electron chi connectivity index (χ4n) is 3.82. The van der Waals surface area contributed by atoms with Crippen LogP contribution in [0.5, 0.6) is 17.2 Å². The first kappa shape index (κ1) is 26.0. The van der Waals surface area contributed by atoms with Gasteiger partial charge in [-0.15, -0.1) is 12.4 Å². The molecule has 0 radical (unpaired) electrons. The van der Waals surface area contributed by atoms with Crippen molar-refractivity contribution in [3.8, 4) is 17.2 Å². The molecule has 2 aromatic carbocycles. The van der Waals surface area contributed by atoms with Gasteiger partial charge in [-0.3, -0.25) is 14.6 Å². The van der Waals surface area contributed by atoms with Crippen LogP contribution in [0.2, 0.25) is 0 Å². The summed E-state index contributed by atoms with van der Waals surface area (Å²) in [7, 11) is 4.77. The summed E-state index contributed by atoms with van der Waals surface area (Å²) in [5.74, 6) is 1.72. The van der Waals surface area contributed by atoms with Gasteiger partial charge in [0, 0.05) is 37.8 Å². The SMILES string of the molecule is COc1ccc2sc(N(CCCN3CCOCC3)C(=O)c3ccc(OC)c(OC)c3)nc2c1.Cl. The molecule has 1 fully saturated rings. The van der Waals surface area contributed by atoms with Gasteiger partial charge in [0.15, 0.2) is 16.6 Å². The van der Waals surface area contributed by atoms with E-state index in [-0.39, 0.29) is 18.3 Å². The van der Waals surface area contributed by atoms with E-state index in [0.29, 0.717) is 28.7 Å². The molecule has 3 aromatic rings. The number of methoxy groups -OCH3 is 3. The van der Waals surface area contributed by atoms with Gasteiger partial charge in [0.2, 0.25) is 0 Å². The predicted octanol–water partition coefficient (Wildman–Crippen LogP) is 4.11. The number of carbonyl (C=O) groups is 1. The van der Waals surface area contributed by atoms with E-state index in [1.807, 2.05) is 18.2 Å². The highest BCUT2D eigenvalue weighted by Crippen LogP contribution is 2.33. The standard InChI is InChI=1S/C24H29N3O5S.ClH/c1-29-18-6-8-22-19(16-18)25-24(33-22)27(10-4-9-26-11-13-32-14-12-26)23(28)17-5-7-20(30-2)21(15-17)31-3;/h5-8,15-16H,4,9-14H2,1-3H3;1H. The number of aromatic nitrogens is 1. The lowest BCUT2D eigenvalue weighted by Gasteiger charge is -2.27. The van der Waals surface area contributed by atoms with Gasteiger partial charge in [-0.05, 0) is 36.8 Å². The highest BCUT2D eigenvalue weighted by molar-refractivity contribution is 7.22. The number of hydrogen-bond donors (Lipinski definition) is 0. The monoisotopic (exact) mass is 507 g/mol. The third-order valence-electron chi connectivity index (χ3n) is 5.65. The third kappa shape index (κ3) is 5.90. The van der Waals surface area contributed by atoms with Crippen molar-refractivity contribution in [2.75, 3.05) is 65.6 Å². The molecular weight excluding hydrogens is 478 g/mol. The second-order valence-corrected chi connectivity index (χ2v) is 8.67. The van der Waals surface area contributed by atoms with E-state index in [1.54, 1.807) is 44.4 Å². The maximum absolute atomic E-state index is 13.6. The molecule has 1 saturated heterocycles. The molecule has 4 rings (SSSR count). The van der Waals surface area contributed by atoms with Crippen molar-refractivity contribution < 1.29 is 23.7 Å². The maximum Gasteiger partial charge on any atom is 0.260 e. The molecule has 1 amide bonds. The Morgan fingerprint density at radius 3 is 2.53 bits per heavy atom. The Morgan fingerprint density at radius 1 is 1.06 bits per heavy atom. The number of benzene rings is 2. The first-order valence-corrected chi connectivity index (χ1v) is 11.7. The molecular formula is C24H30ClN3O5S. The van der Waals surface area contributed by atoms with E-state index < -0.39 is 0 Å². The Labute approximate surface area is 209 Å². The second kappa shape index (κ2) is 12.2. The lowest BCUT2D eigenvalue weighted by Crippen LogP contribution is -2.39. The molecule has 0 atom stereocenters. The molecule has 184 valence electrons. The summed E-state index contributed by atoms with van der Waals surface area (Å²) < 4.78 is 22.5. The molecule has 1 aromatic heterocycles. The van der Waals surface area contributed by atoms with Crippen LogP contribution in [0, 0.1) is 0 Å². The van der Waals surface area contributed by atoms with E-state index >= 15 is 0 Å². The minimum Gasteiger partial charge on any atom is -0.497 e. The van der Waals surface area contributed by atoms with E-state index in [4.69, 9.17) is 23.9 Å². The first-order chi connectivity index (χ1) is 16.1. The summed E-state index contributed by atoms with van der Waals surface area (Å²) in [4.78, 5) is 22.5. The Bertz CT molecular complexity index is 1100. The Hall–Kier alpha value is -2.59. The molecule has 10 heteroatoms. The minimum absolute atomic E-state index is 0. The molecule has 2 heterocycles. The maximum atomic E-state index is 13.6. The minimum atomic E-state index is -0.121. The van der Waals surface area contributed by atoms with Crippen molar-refractivity contribution in [2.45, 2.75) is 6.42 Å². The summed E-state index contributed by atoms with van der Waals surface area (Å²) in [6.07, 6.45) is 0.832. The van der Waals surface area contributed by atoms with Gasteiger partial charge in [-0.1, -0.05) is 11.3 Å². The van der Waals surface area contributed by atoms with Crippen molar-refractivity contribution in [3.05, 3.63) is 42.0 Å². The Kier molecular flexibility index (Phi) is 9.35. The van der Waals surface area contributed by atoms with Crippen LogP contribution >= 0.6 is 23.7 Å². The molecule has 0 saturated carbocycles. The lowest BCUT2D eigenvalue weighted by atomic mass is 10.1. The van der Waals surface area contributed by atoms with Gasteiger partial charge in [-0.25, -0.2) is 4.98 Å². The molecule has 0 bridgehead atoms. The van der Waals surface area contributed by atoms with Crippen LogP contribution in [-0.4, -0.2) is 76.5 Å². The second-order valence-electron chi connectivity index (χ2n) is 7.66. The molecule has 1 aliphatic rings. The first-order valence-electron chi connectivity index (χ1n) is 10.9. The average Bonchev–Trinajstić information content (AvgIpc) is 3.29. The van der Waals surface area contributed by atoms with Crippen LogP contribution in [0.15, 0.2) is 36.4 Å². The topological polar surface area (TPSA) is 73.4 Å². The number of ether oxygens (including phenoxy) is 4. The van der Waals surface area contributed by atoms with Crippen LogP contribution in [0.3, 0.4) is 0 Å². The van der Waals surface area contributed by atoms with Crippen molar-refractivity contribution >= 4 is 45.0 Å². The number of anilines is 1. The normalized spacial score (nSPS) is 13.9. The number of hydrogen-bond acceptors (Lipinski definition) is 8. The highest BCUT2D eigenvalue weighted by Gasteiger charge is 2.23. The van der Waals surface area contributed by atoms with Crippen molar-refractivity contribution in [3.63, 3.8) is 0 Å². The number of morpholine rings is 1. The summed E-state index contributed by atoms with van der Waals surface area (Å²) in [5, 5.41) is 0.667. The number of halogens is 1. The largest absolute Gasteiger partial charge is 0.497 e. The van der Waals surface area contributed by atoms with Crippen LogP contribution in [-0.2, 0) is 4.74 Å². The van der Waals surface area contributed by atoms with Gasteiger partial charge in [0.25, 0.3) is 5.91 Å². The van der Waals surface area contributed by atoms with Gasteiger partial charge in [0.1, 0.15) is 5.75 Å². The van der Waals surface area contributed by atoms with Gasteiger partial charge >= 0.3 is 0 Å². The van der Waals surface area contributed by atoms with Crippen LogP contribution in [0.25, 0.3) is 10.2 Å². The molecule has 1 aliphatic heterocycles. The zero-order valence-corrected chi connectivity index (χ0v) is 21.2. The van der Waals surface area contributed by atoms with E-state index in [1.165, 1.54) is 11.3 Å². The molecule has 0 unspecified atom stereocenters. The third-order valence-corrected chi connectivity index (χ3v) is 6.71. The number of thiazole rings is 1. The number of nitrogens with zero attached hydrogens (tertiary/aromatic N) is 3. The number of amides is 1. The van der Waals surface area contributed by atoms with E-state index in [2.05, 4.69) is 4.90 Å². The van der Waals surface area contributed by atoms with Crippen LogP contribution < -0.4 is 19.1 Å². The smallest absolute Gasteiger partial charge is 0.260 e. The summed E-state index contributed by atoms with van der Waals surface area (Å²) >= 11 is 1.50. The van der Waals surface area contributed by atoms with Crippen LogP contribution in [0.4, 0.5) is 5.13 Å². The quantitative estimate of drug-likeness (QED) is 0.431. The molecule has 0 spiro atoms. The number of carbonyl (C=O) groups excluding carboxylic acids is 1. The molecule has 8 nitrogen and oxygen atoms in total. The Balaban J connectivity index is 0.00000324. The fourth-order valence-corrected chi connectivity index (χ4v) is 4.79. The molecule has 34 heavy (non-hydrogen) atoms. The van der Waals surface area contributed by atoms with E-state index in [0.717, 1.165) is 55.2 Å². The zero-order valence-electron chi connectivity index (χ0n) is 19.6.